The normalized spacial score (nSPS) is 28.2. The zero-order chi connectivity index (χ0) is 18.1. The van der Waals surface area contributed by atoms with E-state index in [0.717, 1.165) is 38.0 Å². The molecule has 1 aliphatic carbocycles. The Hall–Kier alpha value is -2.17. The number of phenols is 1. The summed E-state index contributed by atoms with van der Waals surface area (Å²) in [5.41, 5.74) is 0.994. The van der Waals surface area contributed by atoms with Crippen molar-refractivity contribution in [1.29, 1.82) is 0 Å². The standard InChI is InChI=1S/C22H25NO3/c24-20-8-6-16(7-9-20)21(25)10-11-23-14-17-12-22(26,13-18(17)15-23)19-4-2-1-3-5-19/h1-9,17-18,24,26H,10-15H2/t17-,18+,22?. The van der Waals surface area contributed by atoms with Gasteiger partial charge >= 0.3 is 0 Å². The van der Waals surface area contributed by atoms with Crippen LogP contribution in [0.15, 0.2) is 54.6 Å². The molecule has 0 amide bonds. The SMILES string of the molecule is O=C(CCN1C[C@@H]2CC(O)(c3ccccc3)C[C@@H]2C1)c1ccc(O)cc1. The Kier molecular flexibility index (Phi) is 4.55. The number of rotatable bonds is 5. The maximum atomic E-state index is 12.3. The molecule has 2 aliphatic rings. The quantitative estimate of drug-likeness (QED) is 0.812. The van der Waals surface area contributed by atoms with Crippen molar-refractivity contribution in [3.05, 3.63) is 65.7 Å². The summed E-state index contributed by atoms with van der Waals surface area (Å²) >= 11 is 0. The number of carbonyl (C=O) groups excluding carboxylic acids is 1. The van der Waals surface area contributed by atoms with E-state index in [9.17, 15) is 15.0 Å². The lowest BCUT2D eigenvalue weighted by molar-refractivity contribution is 0.0313. The third-order valence-corrected chi connectivity index (χ3v) is 6.01. The van der Waals surface area contributed by atoms with Crippen LogP contribution in [0.5, 0.6) is 5.75 Å². The second kappa shape index (κ2) is 6.86. The zero-order valence-corrected chi connectivity index (χ0v) is 14.8. The van der Waals surface area contributed by atoms with Gasteiger partial charge in [-0.15, -0.1) is 0 Å². The Balaban J connectivity index is 1.31. The van der Waals surface area contributed by atoms with E-state index in [1.165, 1.54) is 0 Å². The maximum absolute atomic E-state index is 12.3. The van der Waals surface area contributed by atoms with Crippen molar-refractivity contribution in [3.8, 4) is 5.75 Å². The molecule has 1 heterocycles. The van der Waals surface area contributed by atoms with Gasteiger partial charge in [0.15, 0.2) is 5.78 Å². The summed E-state index contributed by atoms with van der Waals surface area (Å²) in [6.45, 7) is 2.68. The van der Waals surface area contributed by atoms with Gasteiger partial charge in [-0.1, -0.05) is 30.3 Å². The highest BCUT2D eigenvalue weighted by Gasteiger charge is 2.48. The molecule has 0 spiro atoms. The summed E-state index contributed by atoms with van der Waals surface area (Å²) in [5.74, 6) is 1.30. The fourth-order valence-corrected chi connectivity index (χ4v) is 4.67. The molecule has 2 N–H and O–H groups in total. The molecule has 0 bridgehead atoms. The highest BCUT2D eigenvalue weighted by atomic mass is 16.3. The van der Waals surface area contributed by atoms with E-state index in [-0.39, 0.29) is 11.5 Å². The lowest BCUT2D eigenvalue weighted by Crippen LogP contribution is -2.29. The van der Waals surface area contributed by atoms with Crippen LogP contribution in [0.1, 0.15) is 35.2 Å². The average Bonchev–Trinajstić information content (AvgIpc) is 3.16. The molecule has 2 aromatic carbocycles. The predicted molar refractivity (Wildman–Crippen MR) is 100 cm³/mol. The highest BCUT2D eigenvalue weighted by molar-refractivity contribution is 5.96. The van der Waals surface area contributed by atoms with Crippen LogP contribution >= 0.6 is 0 Å². The van der Waals surface area contributed by atoms with Gasteiger partial charge in [-0.25, -0.2) is 0 Å². The molecule has 4 rings (SSSR count). The topological polar surface area (TPSA) is 60.8 Å². The van der Waals surface area contributed by atoms with Crippen molar-refractivity contribution in [2.24, 2.45) is 11.8 Å². The minimum Gasteiger partial charge on any atom is -0.508 e. The van der Waals surface area contributed by atoms with Crippen LogP contribution in [0.3, 0.4) is 0 Å². The van der Waals surface area contributed by atoms with Gasteiger partial charge in [0, 0.05) is 31.6 Å². The molecule has 2 aromatic rings. The van der Waals surface area contributed by atoms with E-state index in [1.807, 2.05) is 30.3 Å². The van der Waals surface area contributed by atoms with Gasteiger partial charge < -0.3 is 15.1 Å². The first-order valence-electron chi connectivity index (χ1n) is 9.36. The van der Waals surface area contributed by atoms with Gasteiger partial charge in [-0.2, -0.15) is 0 Å². The van der Waals surface area contributed by atoms with Gasteiger partial charge in [0.1, 0.15) is 5.75 Å². The molecule has 1 aliphatic heterocycles. The van der Waals surface area contributed by atoms with E-state index in [4.69, 9.17) is 0 Å². The van der Waals surface area contributed by atoms with Gasteiger partial charge in [-0.3, -0.25) is 4.79 Å². The lowest BCUT2D eigenvalue weighted by Gasteiger charge is -2.26. The minimum atomic E-state index is -0.690. The molecule has 1 saturated carbocycles. The molecule has 26 heavy (non-hydrogen) atoms. The second-order valence-electron chi connectivity index (χ2n) is 7.81. The van der Waals surface area contributed by atoms with Crippen LogP contribution in [0, 0.1) is 11.8 Å². The lowest BCUT2D eigenvalue weighted by atomic mass is 9.90. The molecule has 4 nitrogen and oxygen atoms in total. The number of benzene rings is 2. The van der Waals surface area contributed by atoms with Gasteiger partial charge in [0.2, 0.25) is 0 Å². The van der Waals surface area contributed by atoms with E-state index < -0.39 is 5.60 Å². The molecular formula is C22H25NO3. The van der Waals surface area contributed by atoms with Crippen molar-refractivity contribution < 1.29 is 15.0 Å². The third kappa shape index (κ3) is 3.39. The Morgan fingerprint density at radius 1 is 1.00 bits per heavy atom. The van der Waals surface area contributed by atoms with Crippen molar-refractivity contribution >= 4 is 5.78 Å². The van der Waals surface area contributed by atoms with Gasteiger partial charge in [0.25, 0.3) is 0 Å². The van der Waals surface area contributed by atoms with Crippen LogP contribution in [-0.4, -0.2) is 40.5 Å². The van der Waals surface area contributed by atoms with Crippen LogP contribution in [0.25, 0.3) is 0 Å². The molecule has 1 unspecified atom stereocenters. The Labute approximate surface area is 154 Å². The first-order valence-corrected chi connectivity index (χ1v) is 9.36. The number of Topliss-reactive ketones (excluding diaryl/α,β-unsaturated/α-hetero) is 1. The number of hydrogen-bond acceptors (Lipinski definition) is 4. The van der Waals surface area contributed by atoms with E-state index >= 15 is 0 Å². The van der Waals surface area contributed by atoms with E-state index in [1.54, 1.807) is 24.3 Å². The Morgan fingerprint density at radius 2 is 1.62 bits per heavy atom. The molecule has 1 saturated heterocycles. The predicted octanol–water partition coefficient (Wildman–Crippen LogP) is 3.19. The minimum absolute atomic E-state index is 0.114. The fourth-order valence-electron chi connectivity index (χ4n) is 4.67. The Morgan fingerprint density at radius 3 is 2.23 bits per heavy atom. The molecule has 0 radical (unpaired) electrons. The zero-order valence-electron chi connectivity index (χ0n) is 14.8. The number of ketones is 1. The molecule has 136 valence electrons. The highest BCUT2D eigenvalue weighted by Crippen LogP contribution is 2.48. The van der Waals surface area contributed by atoms with Crippen LogP contribution in [-0.2, 0) is 5.60 Å². The van der Waals surface area contributed by atoms with Crippen LogP contribution < -0.4 is 0 Å². The first-order chi connectivity index (χ1) is 12.5. The monoisotopic (exact) mass is 351 g/mol. The maximum Gasteiger partial charge on any atom is 0.164 e. The summed E-state index contributed by atoms with van der Waals surface area (Å²) in [7, 11) is 0. The number of fused-ring (bicyclic) bond motifs is 1. The summed E-state index contributed by atoms with van der Waals surface area (Å²) < 4.78 is 0. The van der Waals surface area contributed by atoms with Gasteiger partial charge in [-0.05, 0) is 54.5 Å². The summed E-state index contributed by atoms with van der Waals surface area (Å²) in [4.78, 5) is 14.7. The van der Waals surface area contributed by atoms with Gasteiger partial charge in [0.05, 0.1) is 5.60 Å². The third-order valence-electron chi connectivity index (χ3n) is 6.01. The van der Waals surface area contributed by atoms with Crippen LogP contribution in [0.4, 0.5) is 0 Å². The largest absolute Gasteiger partial charge is 0.508 e. The molecule has 3 atom stereocenters. The van der Waals surface area contributed by atoms with Crippen molar-refractivity contribution in [2.75, 3.05) is 19.6 Å². The molecule has 2 fully saturated rings. The fraction of sp³-hybridized carbons (Fsp3) is 0.409. The smallest absolute Gasteiger partial charge is 0.164 e. The Bertz CT molecular complexity index is 758. The van der Waals surface area contributed by atoms with E-state index in [2.05, 4.69) is 4.90 Å². The number of phenolic OH excluding ortho intramolecular Hbond substituents is 1. The van der Waals surface area contributed by atoms with E-state index in [0.29, 0.717) is 23.8 Å². The first kappa shape index (κ1) is 17.3. The number of likely N-dealkylation sites (tertiary alicyclic amines) is 1. The second-order valence-corrected chi connectivity index (χ2v) is 7.81. The number of carbonyl (C=O) groups is 1. The summed E-state index contributed by atoms with van der Waals surface area (Å²) in [6.07, 6.45) is 2.11. The van der Waals surface area contributed by atoms with Crippen molar-refractivity contribution in [2.45, 2.75) is 24.9 Å². The summed E-state index contributed by atoms with van der Waals surface area (Å²) in [6, 6.07) is 16.5. The number of hydrogen-bond donors (Lipinski definition) is 2. The number of aromatic hydroxyl groups is 1. The number of nitrogens with zero attached hydrogens (tertiary/aromatic N) is 1. The van der Waals surface area contributed by atoms with Crippen molar-refractivity contribution in [3.63, 3.8) is 0 Å². The average molecular weight is 351 g/mol. The van der Waals surface area contributed by atoms with Crippen molar-refractivity contribution in [1.82, 2.24) is 4.90 Å². The van der Waals surface area contributed by atoms with Crippen LogP contribution in [0.2, 0.25) is 0 Å². The molecular weight excluding hydrogens is 326 g/mol. The molecule has 4 heteroatoms. The summed E-state index contributed by atoms with van der Waals surface area (Å²) in [5, 5.41) is 20.4. The number of aliphatic hydroxyl groups is 1. The molecule has 0 aromatic heterocycles.